The van der Waals surface area contributed by atoms with Crippen LogP contribution in [0.3, 0.4) is 0 Å². The summed E-state index contributed by atoms with van der Waals surface area (Å²) >= 11 is 0. The monoisotopic (exact) mass is 138 g/mol. The van der Waals surface area contributed by atoms with Crippen molar-refractivity contribution >= 4 is 5.69 Å². The van der Waals surface area contributed by atoms with Gasteiger partial charge in [-0.1, -0.05) is 0 Å². The minimum absolute atomic E-state index is 0.0709. The van der Waals surface area contributed by atoms with E-state index in [9.17, 15) is 4.79 Å². The van der Waals surface area contributed by atoms with E-state index < -0.39 is 0 Å². The predicted molar refractivity (Wildman–Crippen MR) is 41.2 cm³/mol. The van der Waals surface area contributed by atoms with Crippen molar-refractivity contribution in [2.45, 2.75) is 6.92 Å². The largest absolute Gasteiger partial charge is 0.385 e. The van der Waals surface area contributed by atoms with Crippen LogP contribution in [0.4, 0.5) is 5.69 Å². The Labute approximate surface area is 59.1 Å². The second-order valence-electron chi connectivity index (χ2n) is 1.97. The molecule has 10 heavy (non-hydrogen) atoms. The van der Waals surface area contributed by atoms with Gasteiger partial charge in [0, 0.05) is 24.5 Å². The van der Waals surface area contributed by atoms with Gasteiger partial charge in [-0.05, 0) is 13.0 Å². The van der Waals surface area contributed by atoms with E-state index in [1.807, 2.05) is 13.0 Å². The second-order valence-corrected chi connectivity index (χ2v) is 1.97. The van der Waals surface area contributed by atoms with Crippen molar-refractivity contribution in [1.29, 1.82) is 0 Å². The zero-order valence-electron chi connectivity index (χ0n) is 5.85. The average molecular weight is 138 g/mol. The molecular weight excluding hydrogens is 128 g/mol. The summed E-state index contributed by atoms with van der Waals surface area (Å²) in [5, 5.41) is 3.03. The van der Waals surface area contributed by atoms with Crippen LogP contribution in [0.25, 0.3) is 0 Å². The maximum absolute atomic E-state index is 10.7. The lowest BCUT2D eigenvalue weighted by molar-refractivity contribution is 1.18. The third-order valence-corrected chi connectivity index (χ3v) is 1.16. The molecule has 3 nitrogen and oxygen atoms in total. The number of nitrogens with one attached hydrogen (secondary N) is 2. The molecule has 0 saturated heterocycles. The Kier molecular flexibility index (Phi) is 2.10. The molecule has 2 N–H and O–H groups in total. The van der Waals surface area contributed by atoms with Crippen LogP contribution < -0.4 is 10.9 Å². The smallest absolute Gasteiger partial charge is 0.249 e. The quantitative estimate of drug-likeness (QED) is 0.635. The number of rotatable bonds is 2. The van der Waals surface area contributed by atoms with Crippen LogP contribution in [0.1, 0.15) is 6.92 Å². The Morgan fingerprint density at radius 3 is 3.10 bits per heavy atom. The molecule has 0 spiro atoms. The first-order chi connectivity index (χ1) is 4.83. The van der Waals surface area contributed by atoms with Crippen LogP contribution in [0.2, 0.25) is 0 Å². The molecule has 0 bridgehead atoms. The molecule has 54 valence electrons. The molecule has 1 aromatic rings. The van der Waals surface area contributed by atoms with Gasteiger partial charge in [0.15, 0.2) is 0 Å². The molecule has 0 aromatic carbocycles. The number of hydrogen-bond acceptors (Lipinski definition) is 2. The number of H-pyrrole nitrogens is 1. The maximum atomic E-state index is 10.7. The maximum Gasteiger partial charge on any atom is 0.249 e. The minimum atomic E-state index is -0.0709. The van der Waals surface area contributed by atoms with Gasteiger partial charge in [0.2, 0.25) is 5.56 Å². The molecule has 0 aliphatic heterocycles. The van der Waals surface area contributed by atoms with E-state index >= 15 is 0 Å². The van der Waals surface area contributed by atoms with Crippen molar-refractivity contribution in [3.63, 3.8) is 0 Å². The van der Waals surface area contributed by atoms with Gasteiger partial charge in [-0.15, -0.1) is 0 Å². The molecular formula is C7H10N2O. The van der Waals surface area contributed by atoms with Crippen LogP contribution in [0.5, 0.6) is 0 Å². The molecule has 0 atom stereocenters. The summed E-state index contributed by atoms with van der Waals surface area (Å²) in [6.45, 7) is 2.82. The number of aromatic nitrogens is 1. The van der Waals surface area contributed by atoms with E-state index in [0.29, 0.717) is 0 Å². The van der Waals surface area contributed by atoms with Gasteiger partial charge in [0.05, 0.1) is 0 Å². The summed E-state index contributed by atoms with van der Waals surface area (Å²) in [6.07, 6.45) is 1.63. The lowest BCUT2D eigenvalue weighted by Gasteiger charge is -1.98. The van der Waals surface area contributed by atoms with Gasteiger partial charge in [-0.25, -0.2) is 0 Å². The predicted octanol–water partition coefficient (Wildman–Crippen LogP) is 0.807. The molecule has 0 radical (unpaired) electrons. The Morgan fingerprint density at radius 1 is 1.70 bits per heavy atom. The van der Waals surface area contributed by atoms with Crippen molar-refractivity contribution in [2.24, 2.45) is 0 Å². The van der Waals surface area contributed by atoms with Gasteiger partial charge in [0.25, 0.3) is 0 Å². The van der Waals surface area contributed by atoms with Gasteiger partial charge in [0.1, 0.15) is 0 Å². The van der Waals surface area contributed by atoms with Crippen LogP contribution >= 0.6 is 0 Å². The first-order valence-electron chi connectivity index (χ1n) is 3.25. The number of aromatic amines is 1. The zero-order valence-corrected chi connectivity index (χ0v) is 5.85. The van der Waals surface area contributed by atoms with Crippen molar-refractivity contribution in [1.82, 2.24) is 4.98 Å². The topological polar surface area (TPSA) is 44.9 Å². The first kappa shape index (κ1) is 6.86. The van der Waals surface area contributed by atoms with Crippen LogP contribution in [-0.4, -0.2) is 11.5 Å². The number of pyridine rings is 1. The molecule has 0 saturated carbocycles. The summed E-state index contributed by atoms with van der Waals surface area (Å²) in [7, 11) is 0. The van der Waals surface area contributed by atoms with Crippen molar-refractivity contribution in [3.05, 3.63) is 28.7 Å². The highest BCUT2D eigenvalue weighted by Crippen LogP contribution is 1.97. The van der Waals surface area contributed by atoms with Gasteiger partial charge >= 0.3 is 0 Å². The molecule has 0 aliphatic rings. The van der Waals surface area contributed by atoms with E-state index in [1.54, 1.807) is 6.20 Å². The molecule has 0 aliphatic carbocycles. The van der Waals surface area contributed by atoms with E-state index in [0.717, 1.165) is 12.2 Å². The molecule has 1 aromatic heterocycles. The first-order valence-corrected chi connectivity index (χ1v) is 3.25. The number of anilines is 1. The average Bonchev–Trinajstić information content (AvgIpc) is 1.88. The van der Waals surface area contributed by atoms with Crippen molar-refractivity contribution in [2.75, 3.05) is 11.9 Å². The summed E-state index contributed by atoms with van der Waals surface area (Å²) in [5.41, 5.74) is 0.796. The van der Waals surface area contributed by atoms with Crippen molar-refractivity contribution < 1.29 is 0 Å². The summed E-state index contributed by atoms with van der Waals surface area (Å²) in [4.78, 5) is 13.2. The van der Waals surface area contributed by atoms with E-state index in [-0.39, 0.29) is 5.56 Å². The van der Waals surface area contributed by atoms with Gasteiger partial charge in [-0.3, -0.25) is 4.79 Å². The van der Waals surface area contributed by atoms with E-state index in [2.05, 4.69) is 10.3 Å². The molecule has 0 unspecified atom stereocenters. The van der Waals surface area contributed by atoms with Gasteiger partial charge in [-0.2, -0.15) is 0 Å². The summed E-state index contributed by atoms with van der Waals surface area (Å²) < 4.78 is 0. The Hall–Kier alpha value is -1.25. The van der Waals surface area contributed by atoms with Gasteiger partial charge < -0.3 is 10.3 Å². The van der Waals surface area contributed by atoms with Crippen molar-refractivity contribution in [3.8, 4) is 0 Å². The highest BCUT2D eigenvalue weighted by Gasteiger charge is 1.87. The molecule has 0 amide bonds. The molecule has 3 heteroatoms. The van der Waals surface area contributed by atoms with Crippen LogP contribution in [0.15, 0.2) is 23.1 Å². The third kappa shape index (κ3) is 1.62. The fraction of sp³-hybridized carbons (Fsp3) is 0.286. The Morgan fingerprint density at radius 2 is 2.50 bits per heavy atom. The molecule has 1 rings (SSSR count). The Balaban J connectivity index is 2.85. The van der Waals surface area contributed by atoms with E-state index in [1.165, 1.54) is 6.07 Å². The fourth-order valence-corrected chi connectivity index (χ4v) is 0.759. The molecule has 1 heterocycles. The van der Waals surface area contributed by atoms with E-state index in [4.69, 9.17) is 0 Å². The second kappa shape index (κ2) is 3.06. The zero-order chi connectivity index (χ0) is 7.40. The fourth-order valence-electron chi connectivity index (χ4n) is 0.759. The highest BCUT2D eigenvalue weighted by atomic mass is 16.1. The standard InChI is InChI=1S/C7H10N2O/c1-2-8-6-3-4-9-7(10)5-6/h3-5H,2H2,1H3,(H2,8,9,10). The number of hydrogen-bond donors (Lipinski definition) is 2. The van der Waals surface area contributed by atoms with Crippen LogP contribution in [0, 0.1) is 0 Å². The summed E-state index contributed by atoms with van der Waals surface area (Å²) in [5.74, 6) is 0. The molecule has 0 fully saturated rings. The van der Waals surface area contributed by atoms with Crippen LogP contribution in [-0.2, 0) is 0 Å². The lowest BCUT2D eigenvalue weighted by Crippen LogP contribution is -2.05. The third-order valence-electron chi connectivity index (χ3n) is 1.16. The Bertz CT molecular complexity index is 254. The minimum Gasteiger partial charge on any atom is -0.385 e. The highest BCUT2D eigenvalue weighted by molar-refractivity contribution is 5.40. The lowest BCUT2D eigenvalue weighted by atomic mass is 10.4. The summed E-state index contributed by atoms with van der Waals surface area (Å²) in [6, 6.07) is 3.36. The normalized spacial score (nSPS) is 9.30. The SMILES string of the molecule is CCNc1cc[nH]c(=O)c1.